The van der Waals surface area contributed by atoms with Gasteiger partial charge in [0.1, 0.15) is 0 Å². The van der Waals surface area contributed by atoms with Crippen LogP contribution < -0.4 is 0 Å². The number of amides is 1. The van der Waals surface area contributed by atoms with Crippen molar-refractivity contribution in [2.45, 2.75) is 77.7 Å². The highest BCUT2D eigenvalue weighted by molar-refractivity contribution is 5.94. The molecule has 0 radical (unpaired) electrons. The van der Waals surface area contributed by atoms with Crippen molar-refractivity contribution in [1.29, 1.82) is 0 Å². The van der Waals surface area contributed by atoms with Crippen molar-refractivity contribution in [1.82, 2.24) is 14.8 Å². The van der Waals surface area contributed by atoms with Gasteiger partial charge in [-0.1, -0.05) is 30.2 Å². The summed E-state index contributed by atoms with van der Waals surface area (Å²) in [4.78, 5) is 22.2. The molecule has 3 aliphatic rings. The van der Waals surface area contributed by atoms with E-state index in [0.29, 0.717) is 23.8 Å². The molecule has 1 amide bonds. The summed E-state index contributed by atoms with van der Waals surface area (Å²) in [5.41, 5.74) is 8.07. The Kier molecular flexibility index (Phi) is 6.53. The van der Waals surface area contributed by atoms with Crippen LogP contribution in [0.4, 0.5) is 0 Å². The molecule has 1 aromatic heterocycles. The first-order chi connectivity index (χ1) is 17.0. The number of carbonyl (C=O) groups is 1. The summed E-state index contributed by atoms with van der Waals surface area (Å²) in [6.07, 6.45) is 4.93. The second kappa shape index (κ2) is 9.37. The Morgan fingerprint density at radius 3 is 2.31 bits per heavy atom. The number of nitrogens with zero attached hydrogens (tertiary/aromatic N) is 2. The van der Waals surface area contributed by atoms with E-state index in [1.807, 2.05) is 0 Å². The number of aromatic nitrogens is 1. The predicted molar refractivity (Wildman–Crippen MR) is 151 cm³/mol. The maximum Gasteiger partial charge on any atom is 0.232 e. The Morgan fingerprint density at radius 2 is 1.72 bits per heavy atom. The fourth-order valence-corrected chi connectivity index (χ4v) is 6.90. The van der Waals surface area contributed by atoms with Crippen molar-refractivity contribution in [2.24, 2.45) is 5.92 Å². The van der Waals surface area contributed by atoms with Gasteiger partial charge in [-0.05, 0) is 120 Å². The number of carbonyl (C=O) groups excluding carboxylic acids is 1. The maximum absolute atomic E-state index is 13.9. The lowest BCUT2D eigenvalue weighted by Crippen LogP contribution is -2.55. The van der Waals surface area contributed by atoms with Gasteiger partial charge in [0.15, 0.2) is 0 Å². The van der Waals surface area contributed by atoms with Gasteiger partial charge in [0.05, 0.1) is 11.1 Å². The van der Waals surface area contributed by atoms with Crippen LogP contribution in [-0.2, 0) is 10.2 Å². The Labute approximate surface area is 217 Å². The van der Waals surface area contributed by atoms with E-state index in [4.69, 9.17) is 0 Å². The van der Waals surface area contributed by atoms with Gasteiger partial charge in [0, 0.05) is 30.0 Å². The first kappa shape index (κ1) is 25.1. The number of H-pyrrole nitrogens is 1. The van der Waals surface area contributed by atoms with E-state index in [-0.39, 0.29) is 0 Å². The number of likely N-dealkylation sites (N-methyl/N-ethyl adjacent to an activating group) is 1. The molecular weight excluding hydrogens is 442 g/mol. The first-order valence-corrected chi connectivity index (χ1v) is 13.7. The topological polar surface area (TPSA) is 39.3 Å². The first-order valence-electron chi connectivity index (χ1n) is 13.7. The summed E-state index contributed by atoms with van der Waals surface area (Å²) >= 11 is 0. The van der Waals surface area contributed by atoms with Crippen LogP contribution in [-0.4, -0.2) is 53.9 Å². The summed E-state index contributed by atoms with van der Waals surface area (Å²) in [6, 6.07) is 13.9. The number of aromatic amines is 1. The second-order valence-corrected chi connectivity index (χ2v) is 12.5. The molecule has 36 heavy (non-hydrogen) atoms. The van der Waals surface area contributed by atoms with Crippen molar-refractivity contribution in [2.75, 3.05) is 27.2 Å². The van der Waals surface area contributed by atoms with E-state index in [9.17, 15) is 4.79 Å². The average Bonchev–Trinajstić information content (AvgIpc) is 3.22. The fraction of sp³-hybridized carbons (Fsp3) is 0.531. The van der Waals surface area contributed by atoms with Crippen LogP contribution in [0.1, 0.15) is 74.6 Å². The molecule has 192 valence electrons. The van der Waals surface area contributed by atoms with Crippen LogP contribution in [0.25, 0.3) is 22.2 Å². The zero-order valence-electron chi connectivity index (χ0n) is 23.2. The number of hydrogen-bond acceptors (Lipinski definition) is 2. The van der Waals surface area contributed by atoms with Gasteiger partial charge < -0.3 is 14.8 Å². The standard InChI is InChI=1S/C32H43N3O/c1-20-14-21(2)16-24(15-20)30-29(22(3)18-34(6)7)27-17-25(10-13-28(27)33-30)32(4,5)31(36)35-19-23-8-11-26(35)12-9-23/h10,13-17,22-23,26,33H,8-9,11-12,18-19H2,1-7H3/t22-,23?,26?/m1/s1. The molecule has 4 nitrogen and oxygen atoms in total. The molecule has 3 aromatic rings. The van der Waals surface area contributed by atoms with Crippen LogP contribution in [0.5, 0.6) is 0 Å². The smallest absolute Gasteiger partial charge is 0.232 e. The van der Waals surface area contributed by atoms with Crippen LogP contribution in [0.2, 0.25) is 0 Å². The number of hydrogen-bond donors (Lipinski definition) is 1. The minimum atomic E-state index is -0.551. The molecule has 2 saturated heterocycles. The Hall–Kier alpha value is -2.59. The van der Waals surface area contributed by atoms with Crippen LogP contribution in [0.15, 0.2) is 36.4 Å². The van der Waals surface area contributed by atoms with Gasteiger partial charge in [-0.25, -0.2) is 0 Å². The molecule has 2 aromatic carbocycles. The number of fused-ring (bicyclic) bond motifs is 4. The maximum atomic E-state index is 13.9. The minimum Gasteiger partial charge on any atom is -0.354 e. The van der Waals surface area contributed by atoms with Crippen molar-refractivity contribution in [3.8, 4) is 11.3 Å². The highest BCUT2D eigenvalue weighted by Gasteiger charge is 2.42. The van der Waals surface area contributed by atoms with E-state index >= 15 is 0 Å². The summed E-state index contributed by atoms with van der Waals surface area (Å²) in [7, 11) is 4.28. The molecule has 0 unspecified atom stereocenters. The van der Waals surface area contributed by atoms with Crippen molar-refractivity contribution in [3.63, 3.8) is 0 Å². The van der Waals surface area contributed by atoms with Crippen molar-refractivity contribution in [3.05, 3.63) is 58.7 Å². The van der Waals surface area contributed by atoms with Gasteiger partial charge in [-0.3, -0.25) is 4.79 Å². The molecule has 3 heterocycles. The third-order valence-corrected chi connectivity index (χ3v) is 8.71. The van der Waals surface area contributed by atoms with E-state index in [2.05, 4.69) is 99.9 Å². The molecule has 1 aliphatic carbocycles. The van der Waals surface area contributed by atoms with E-state index < -0.39 is 5.41 Å². The van der Waals surface area contributed by atoms with Gasteiger partial charge >= 0.3 is 0 Å². The summed E-state index contributed by atoms with van der Waals surface area (Å²) in [5, 5.41) is 1.25. The molecule has 1 N–H and O–H groups in total. The number of nitrogens with one attached hydrogen (secondary N) is 1. The van der Waals surface area contributed by atoms with Crippen LogP contribution >= 0.6 is 0 Å². The van der Waals surface area contributed by atoms with Gasteiger partial charge in [0.2, 0.25) is 5.91 Å². The van der Waals surface area contributed by atoms with Crippen molar-refractivity contribution >= 4 is 16.8 Å². The zero-order valence-corrected chi connectivity index (χ0v) is 23.2. The quantitative estimate of drug-likeness (QED) is 0.417. The van der Waals surface area contributed by atoms with Gasteiger partial charge in [-0.15, -0.1) is 0 Å². The third-order valence-electron chi connectivity index (χ3n) is 8.71. The number of piperidine rings is 2. The molecular formula is C32H43N3O. The highest BCUT2D eigenvalue weighted by Crippen LogP contribution is 2.41. The van der Waals surface area contributed by atoms with Gasteiger partial charge in [0.25, 0.3) is 0 Å². The van der Waals surface area contributed by atoms with E-state index in [1.54, 1.807) is 0 Å². The van der Waals surface area contributed by atoms with Crippen LogP contribution in [0, 0.1) is 19.8 Å². The molecule has 2 aliphatic heterocycles. The fourth-order valence-electron chi connectivity index (χ4n) is 6.90. The van der Waals surface area contributed by atoms with Gasteiger partial charge in [-0.2, -0.15) is 0 Å². The predicted octanol–water partition coefficient (Wildman–Crippen LogP) is 6.80. The van der Waals surface area contributed by atoms with E-state index in [1.165, 1.54) is 59.0 Å². The third kappa shape index (κ3) is 4.49. The second-order valence-electron chi connectivity index (χ2n) is 12.5. The monoisotopic (exact) mass is 485 g/mol. The molecule has 1 saturated carbocycles. The lowest BCUT2D eigenvalue weighted by atomic mass is 9.76. The lowest BCUT2D eigenvalue weighted by Gasteiger charge is -2.47. The SMILES string of the molecule is Cc1cc(C)cc(-c2[nH]c3ccc(C(C)(C)C(=O)N4CC5CCC4CC5)cc3c2[C@H](C)CN(C)C)c1. The number of benzene rings is 2. The largest absolute Gasteiger partial charge is 0.354 e. The zero-order chi connectivity index (χ0) is 25.8. The van der Waals surface area contributed by atoms with E-state index in [0.717, 1.165) is 24.2 Å². The Bertz CT molecular complexity index is 1260. The summed E-state index contributed by atoms with van der Waals surface area (Å²) in [6.45, 7) is 12.8. The molecule has 4 heteroatoms. The summed E-state index contributed by atoms with van der Waals surface area (Å²) in [5.74, 6) is 1.33. The minimum absolute atomic E-state index is 0.296. The lowest BCUT2D eigenvalue weighted by molar-refractivity contribution is -0.144. The summed E-state index contributed by atoms with van der Waals surface area (Å²) < 4.78 is 0. The average molecular weight is 486 g/mol. The van der Waals surface area contributed by atoms with Crippen molar-refractivity contribution < 1.29 is 4.79 Å². The number of aryl methyl sites for hydroxylation is 2. The highest BCUT2D eigenvalue weighted by atomic mass is 16.2. The normalized spacial score (nSPS) is 20.9. The Balaban J connectivity index is 1.60. The van der Waals surface area contributed by atoms with Crippen LogP contribution in [0.3, 0.4) is 0 Å². The molecule has 1 atom stereocenters. The molecule has 3 fully saturated rings. The molecule has 0 spiro atoms. The molecule has 2 bridgehead atoms. The number of rotatable bonds is 6. The molecule has 6 rings (SSSR count). The Morgan fingerprint density at radius 1 is 1.06 bits per heavy atom.